The van der Waals surface area contributed by atoms with Gasteiger partial charge in [0.1, 0.15) is 0 Å². The fraction of sp³-hybridized carbons (Fsp3) is 0.545. The molecule has 1 nitrogen and oxygen atoms in total. The van der Waals surface area contributed by atoms with Gasteiger partial charge in [0.05, 0.1) is 0 Å². The summed E-state index contributed by atoms with van der Waals surface area (Å²) in [6, 6.07) is 0. The first-order chi connectivity index (χ1) is 9.89. The van der Waals surface area contributed by atoms with Gasteiger partial charge in [-0.05, 0) is 52.6 Å². The second kappa shape index (κ2) is 13.1. The molecule has 0 fully saturated rings. The van der Waals surface area contributed by atoms with Crippen LogP contribution in [0.1, 0.15) is 55.4 Å². The van der Waals surface area contributed by atoms with Crippen LogP contribution in [0.3, 0.4) is 0 Å². The summed E-state index contributed by atoms with van der Waals surface area (Å²) in [5, 5.41) is 0. The summed E-state index contributed by atoms with van der Waals surface area (Å²) in [7, 11) is -1.61. The third-order valence-electron chi connectivity index (χ3n) is 4.25. The number of hydrogen-bond donors (Lipinski definition) is 0. The van der Waals surface area contributed by atoms with Gasteiger partial charge in [0.2, 0.25) is 0 Å². The SMILES string of the molecule is CC1=C(C)C([Si](C)(C)[N-]C(C)(C)C)C(C)=C1C.[CH-]=C/C=C/C.[CH3-].[CH3-].[Ti+4]. The summed E-state index contributed by atoms with van der Waals surface area (Å²) in [4.78, 5) is 5.16. The number of hydrogen-bond acceptors (Lipinski definition) is 0. The molecule has 0 radical (unpaired) electrons. The van der Waals surface area contributed by atoms with Crippen LogP contribution < -0.4 is 0 Å². The van der Waals surface area contributed by atoms with E-state index in [0.29, 0.717) is 5.54 Å². The zero-order valence-corrected chi connectivity index (χ0v) is 21.4. The van der Waals surface area contributed by atoms with Crippen LogP contribution in [-0.4, -0.2) is 13.8 Å². The molecule has 0 N–H and O–H groups in total. The fourth-order valence-corrected chi connectivity index (χ4v) is 7.86. The van der Waals surface area contributed by atoms with Crippen molar-refractivity contribution in [3.8, 4) is 0 Å². The quantitative estimate of drug-likeness (QED) is 0.262. The molecule has 0 atom stereocenters. The van der Waals surface area contributed by atoms with Crippen LogP contribution in [-0.2, 0) is 21.7 Å². The van der Waals surface area contributed by atoms with E-state index < -0.39 is 8.24 Å². The molecule has 142 valence electrons. The van der Waals surface area contributed by atoms with E-state index in [4.69, 9.17) is 11.6 Å². The molecule has 1 rings (SSSR count). The fourth-order valence-electron chi connectivity index (χ4n) is 3.45. The second-order valence-electron chi connectivity index (χ2n) is 7.70. The molecule has 0 aromatic carbocycles. The van der Waals surface area contributed by atoms with E-state index >= 15 is 0 Å². The van der Waals surface area contributed by atoms with Gasteiger partial charge in [-0.2, -0.15) is 6.08 Å². The Kier molecular flexibility index (Phi) is 17.0. The van der Waals surface area contributed by atoms with Crippen molar-refractivity contribution in [1.29, 1.82) is 0 Å². The summed E-state index contributed by atoms with van der Waals surface area (Å²) in [5.74, 6) is 0. The van der Waals surface area contributed by atoms with Gasteiger partial charge in [0.25, 0.3) is 0 Å². The average Bonchev–Trinajstić information content (AvgIpc) is 2.53. The maximum absolute atomic E-state index is 5.16. The molecular formula is C22H41NSiTi. The molecule has 0 saturated carbocycles. The summed E-state index contributed by atoms with van der Waals surface area (Å²) < 4.78 is 0. The molecule has 3 heteroatoms. The van der Waals surface area contributed by atoms with Crippen LogP contribution in [0.4, 0.5) is 0 Å². The molecule has 0 aliphatic heterocycles. The van der Waals surface area contributed by atoms with Gasteiger partial charge >= 0.3 is 21.7 Å². The summed E-state index contributed by atoms with van der Waals surface area (Å²) in [6.07, 6.45) is 5.15. The predicted octanol–water partition coefficient (Wildman–Crippen LogP) is 7.87. The Bertz CT molecular complexity index is 467. The van der Waals surface area contributed by atoms with Crippen molar-refractivity contribution < 1.29 is 21.7 Å². The zero-order chi connectivity index (χ0) is 17.7. The van der Waals surface area contributed by atoms with Gasteiger partial charge in [-0.3, -0.25) is 6.58 Å². The largest absolute Gasteiger partial charge is 4.00 e. The molecule has 0 saturated heterocycles. The topological polar surface area (TPSA) is 14.1 Å². The summed E-state index contributed by atoms with van der Waals surface area (Å²) in [5.41, 5.74) is 6.81. The van der Waals surface area contributed by atoms with E-state index in [0.717, 1.165) is 0 Å². The third-order valence-corrected chi connectivity index (χ3v) is 7.77. The maximum Gasteiger partial charge on any atom is 4.00 e. The zero-order valence-electron chi connectivity index (χ0n) is 18.8. The first-order valence-electron chi connectivity index (χ1n) is 8.14. The first-order valence-corrected chi connectivity index (χ1v) is 11.2. The van der Waals surface area contributed by atoms with Crippen molar-refractivity contribution >= 4 is 8.24 Å². The maximum atomic E-state index is 5.16. The monoisotopic (exact) mass is 395 g/mol. The Balaban J connectivity index is -0.000000244. The average molecular weight is 396 g/mol. The van der Waals surface area contributed by atoms with Crippen LogP contribution in [0.15, 0.2) is 40.5 Å². The molecule has 0 heterocycles. The van der Waals surface area contributed by atoms with E-state index in [-0.39, 0.29) is 42.1 Å². The predicted molar refractivity (Wildman–Crippen MR) is 118 cm³/mol. The molecule has 1 aliphatic carbocycles. The Hall–Kier alpha value is -0.149. The van der Waals surface area contributed by atoms with Crippen molar-refractivity contribution in [3.63, 3.8) is 0 Å². The molecule has 0 spiro atoms. The molecule has 0 bridgehead atoms. The second-order valence-corrected chi connectivity index (χ2v) is 11.8. The molecule has 0 aromatic heterocycles. The van der Waals surface area contributed by atoms with Crippen molar-refractivity contribution in [1.82, 2.24) is 0 Å². The van der Waals surface area contributed by atoms with E-state index in [9.17, 15) is 0 Å². The van der Waals surface area contributed by atoms with Crippen molar-refractivity contribution in [2.75, 3.05) is 0 Å². The van der Waals surface area contributed by atoms with Gasteiger partial charge < -0.3 is 19.8 Å². The minimum Gasteiger partial charge on any atom is -0.659 e. The summed E-state index contributed by atoms with van der Waals surface area (Å²) in [6.45, 7) is 27.4. The normalized spacial score (nSPS) is 15.1. The Morgan fingerprint density at radius 1 is 0.960 bits per heavy atom. The number of rotatable bonds is 3. The molecule has 0 amide bonds. The molecule has 0 unspecified atom stereocenters. The van der Waals surface area contributed by atoms with E-state index in [1.807, 2.05) is 13.0 Å². The van der Waals surface area contributed by atoms with Gasteiger partial charge in [-0.25, -0.2) is 12.2 Å². The van der Waals surface area contributed by atoms with Gasteiger partial charge in [0, 0.05) is 0 Å². The van der Waals surface area contributed by atoms with E-state index in [1.54, 1.807) is 17.2 Å². The molecular weight excluding hydrogens is 354 g/mol. The molecule has 25 heavy (non-hydrogen) atoms. The van der Waals surface area contributed by atoms with Crippen LogP contribution in [0, 0.1) is 21.4 Å². The number of nitrogens with zero attached hydrogens (tertiary/aromatic N) is 1. The summed E-state index contributed by atoms with van der Waals surface area (Å²) >= 11 is 0. The Morgan fingerprint density at radius 3 is 1.52 bits per heavy atom. The van der Waals surface area contributed by atoms with Crippen LogP contribution in [0.5, 0.6) is 0 Å². The minimum absolute atomic E-state index is 0. The third kappa shape index (κ3) is 9.94. The van der Waals surface area contributed by atoms with Gasteiger partial charge in [-0.1, -0.05) is 51.9 Å². The van der Waals surface area contributed by atoms with Crippen molar-refractivity contribution in [2.45, 2.75) is 79.6 Å². The van der Waals surface area contributed by atoms with Gasteiger partial charge in [-0.15, -0.1) is 5.54 Å². The standard InChI is InChI=1S/C15H28NSi.C5H7.2CH3.Ti/c1-10-11(2)13(4)14(12(10)3)17(8,9)16-15(5,6)7;1-3-5-4-2;;;/h14H,1-9H3;1,3-5H,2H3;2*1H3;/q4*-1;+4/b;5-4+;;;. The number of allylic oxidation sites excluding steroid dienone is 7. The Morgan fingerprint density at radius 2 is 1.32 bits per heavy atom. The Labute approximate surface area is 176 Å². The van der Waals surface area contributed by atoms with Crippen LogP contribution in [0.25, 0.3) is 4.98 Å². The smallest absolute Gasteiger partial charge is 0.659 e. The molecule has 1 aliphatic rings. The minimum atomic E-state index is -1.61. The molecule has 0 aromatic rings. The van der Waals surface area contributed by atoms with Crippen molar-refractivity contribution in [3.05, 3.63) is 66.9 Å². The van der Waals surface area contributed by atoms with E-state index in [1.165, 1.54) is 17.2 Å². The van der Waals surface area contributed by atoms with Gasteiger partial charge in [0.15, 0.2) is 0 Å². The van der Waals surface area contributed by atoms with Crippen LogP contribution in [0.2, 0.25) is 18.6 Å². The van der Waals surface area contributed by atoms with Crippen molar-refractivity contribution in [2.24, 2.45) is 0 Å². The van der Waals surface area contributed by atoms with E-state index in [2.05, 4.69) is 61.6 Å². The van der Waals surface area contributed by atoms with Crippen LogP contribution >= 0.6 is 0 Å². The first kappa shape index (κ1) is 32.5.